The van der Waals surface area contributed by atoms with Gasteiger partial charge in [0, 0.05) is 4.88 Å². The van der Waals surface area contributed by atoms with Crippen molar-refractivity contribution in [3.05, 3.63) is 57.3 Å². The quantitative estimate of drug-likeness (QED) is 0.864. The number of aryl methyl sites for hydroxylation is 1. The fraction of sp³-hybridized carbons (Fsp3) is 0.250. The van der Waals surface area contributed by atoms with Crippen LogP contribution in [0.1, 0.15) is 33.2 Å². The first-order chi connectivity index (χ1) is 11.4. The number of nitrogens with zero attached hydrogens (tertiary/aromatic N) is 2. The number of hydrogen-bond acceptors (Lipinski definition) is 4. The van der Waals surface area contributed by atoms with Crippen LogP contribution in [0.3, 0.4) is 0 Å². The van der Waals surface area contributed by atoms with Crippen molar-refractivity contribution in [1.29, 1.82) is 0 Å². The van der Waals surface area contributed by atoms with Crippen molar-refractivity contribution in [1.82, 2.24) is 9.96 Å². The molecule has 126 valence electrons. The first-order valence-corrected chi connectivity index (χ1v) is 8.10. The molecule has 8 heteroatoms. The Labute approximate surface area is 140 Å². The summed E-state index contributed by atoms with van der Waals surface area (Å²) >= 11 is 1.33. The molecule has 1 N–H and O–H groups in total. The maximum absolute atomic E-state index is 13.9. The van der Waals surface area contributed by atoms with Crippen LogP contribution in [0.25, 0.3) is 0 Å². The van der Waals surface area contributed by atoms with E-state index in [4.69, 9.17) is 0 Å². The lowest BCUT2D eigenvalue weighted by molar-refractivity contribution is -0.168. The van der Waals surface area contributed by atoms with Crippen LogP contribution >= 0.6 is 11.3 Å². The van der Waals surface area contributed by atoms with Gasteiger partial charge in [-0.2, -0.15) is 5.06 Å². The van der Waals surface area contributed by atoms with Gasteiger partial charge in [-0.05, 0) is 30.7 Å². The molecule has 0 saturated carbocycles. The van der Waals surface area contributed by atoms with E-state index in [-0.39, 0.29) is 0 Å². The Morgan fingerprint density at radius 2 is 1.96 bits per heavy atom. The molecule has 1 saturated heterocycles. The van der Waals surface area contributed by atoms with Gasteiger partial charge in [0.25, 0.3) is 11.8 Å². The van der Waals surface area contributed by atoms with Gasteiger partial charge in [0.1, 0.15) is 23.7 Å². The van der Waals surface area contributed by atoms with E-state index in [2.05, 4.69) is 0 Å². The highest BCUT2D eigenvalue weighted by atomic mass is 32.1. The minimum absolute atomic E-state index is 0.432. The predicted molar refractivity (Wildman–Crippen MR) is 82.5 cm³/mol. The lowest BCUT2D eigenvalue weighted by Crippen LogP contribution is -2.34. The topological polar surface area (TPSA) is 60.9 Å². The van der Waals surface area contributed by atoms with Crippen molar-refractivity contribution >= 4 is 23.2 Å². The molecule has 24 heavy (non-hydrogen) atoms. The van der Waals surface area contributed by atoms with Crippen LogP contribution in [0.5, 0.6) is 0 Å². The normalized spacial score (nSPS) is 17.7. The number of hydroxylamine groups is 2. The highest BCUT2D eigenvalue weighted by Crippen LogP contribution is 2.35. The summed E-state index contributed by atoms with van der Waals surface area (Å²) in [5, 5.41) is 10.4. The molecule has 1 aromatic carbocycles. The van der Waals surface area contributed by atoms with Crippen molar-refractivity contribution in [2.45, 2.75) is 19.5 Å². The smallest absolute Gasteiger partial charge is 0.267 e. The van der Waals surface area contributed by atoms with E-state index in [1.807, 2.05) is 13.0 Å². The highest BCUT2D eigenvalue weighted by Gasteiger charge is 2.43. The monoisotopic (exact) mass is 352 g/mol. The molecule has 3 rings (SSSR count). The molecule has 1 aromatic heterocycles. The average molecular weight is 352 g/mol. The highest BCUT2D eigenvalue weighted by molar-refractivity contribution is 7.12. The van der Waals surface area contributed by atoms with E-state index in [0.29, 0.717) is 9.94 Å². The number of halogens is 2. The molecule has 0 aliphatic carbocycles. The number of carbonyl (C=O) groups excluding carboxylic acids is 2. The van der Waals surface area contributed by atoms with Crippen LogP contribution in [0.4, 0.5) is 8.78 Å². The zero-order valence-electron chi connectivity index (χ0n) is 12.7. The van der Waals surface area contributed by atoms with Gasteiger partial charge in [-0.3, -0.25) is 14.8 Å². The van der Waals surface area contributed by atoms with Crippen molar-refractivity contribution in [2.75, 3.05) is 6.54 Å². The lowest BCUT2D eigenvalue weighted by atomic mass is 10.1. The standard InChI is InChI=1S/C16H14F2N2O3S/c1-2-9-6-7-12(24-9)15-19(8-13(21)20(15)23)16(22)14-10(17)4-3-5-11(14)18/h3-7,15,23H,2,8H2,1H3. The van der Waals surface area contributed by atoms with Crippen LogP contribution in [0.2, 0.25) is 0 Å². The molecule has 2 aromatic rings. The maximum atomic E-state index is 13.9. The number of benzene rings is 1. The zero-order chi connectivity index (χ0) is 17.4. The molecule has 2 amide bonds. The molecule has 0 bridgehead atoms. The van der Waals surface area contributed by atoms with E-state index in [0.717, 1.165) is 34.4 Å². The Morgan fingerprint density at radius 1 is 1.29 bits per heavy atom. The van der Waals surface area contributed by atoms with Crippen LogP contribution in [0, 0.1) is 11.6 Å². The van der Waals surface area contributed by atoms with Crippen molar-refractivity contribution in [3.63, 3.8) is 0 Å². The first-order valence-electron chi connectivity index (χ1n) is 7.28. The van der Waals surface area contributed by atoms with E-state index < -0.39 is 41.7 Å². The summed E-state index contributed by atoms with van der Waals surface area (Å²) in [5.41, 5.74) is -0.738. The van der Waals surface area contributed by atoms with E-state index in [1.165, 1.54) is 11.3 Å². The predicted octanol–water partition coefficient (Wildman–Crippen LogP) is 2.96. The summed E-state index contributed by atoms with van der Waals surface area (Å²) in [6.07, 6.45) is -0.332. The van der Waals surface area contributed by atoms with Crippen molar-refractivity contribution < 1.29 is 23.6 Å². The van der Waals surface area contributed by atoms with E-state index in [9.17, 15) is 23.6 Å². The van der Waals surface area contributed by atoms with E-state index >= 15 is 0 Å². The number of rotatable bonds is 3. The summed E-state index contributed by atoms with van der Waals surface area (Å²) in [7, 11) is 0. The number of carbonyl (C=O) groups is 2. The number of thiophene rings is 1. The third kappa shape index (κ3) is 2.67. The van der Waals surface area contributed by atoms with E-state index in [1.54, 1.807) is 6.07 Å². The van der Waals surface area contributed by atoms with Gasteiger partial charge >= 0.3 is 0 Å². The fourth-order valence-corrected chi connectivity index (χ4v) is 3.65. The minimum Gasteiger partial charge on any atom is -0.302 e. The minimum atomic E-state index is -1.09. The molecule has 1 aliphatic heterocycles. The van der Waals surface area contributed by atoms with Gasteiger partial charge in [-0.25, -0.2) is 8.78 Å². The number of amides is 2. The molecule has 1 aliphatic rings. The summed E-state index contributed by atoms with van der Waals surface area (Å²) < 4.78 is 27.8. The molecule has 1 atom stereocenters. The molecule has 1 fully saturated rings. The summed E-state index contributed by atoms with van der Waals surface area (Å²) in [4.78, 5) is 27.0. The maximum Gasteiger partial charge on any atom is 0.267 e. The zero-order valence-corrected chi connectivity index (χ0v) is 13.5. The summed E-state index contributed by atoms with van der Waals surface area (Å²) in [5.74, 6) is -3.71. The Morgan fingerprint density at radius 3 is 2.54 bits per heavy atom. The molecular weight excluding hydrogens is 338 g/mol. The summed E-state index contributed by atoms with van der Waals surface area (Å²) in [6, 6.07) is 6.61. The van der Waals surface area contributed by atoms with Gasteiger partial charge < -0.3 is 4.90 Å². The second kappa shape index (κ2) is 6.29. The third-order valence-electron chi connectivity index (χ3n) is 3.81. The second-order valence-corrected chi connectivity index (χ2v) is 6.50. The van der Waals surface area contributed by atoms with Crippen LogP contribution in [-0.4, -0.2) is 33.5 Å². The fourth-order valence-electron chi connectivity index (χ4n) is 2.60. The van der Waals surface area contributed by atoms with Gasteiger partial charge in [0.2, 0.25) is 0 Å². The summed E-state index contributed by atoms with van der Waals surface area (Å²) in [6.45, 7) is 1.50. The second-order valence-electron chi connectivity index (χ2n) is 5.30. The molecule has 0 radical (unpaired) electrons. The Balaban J connectivity index is 2.01. The Hall–Kier alpha value is -2.32. The van der Waals surface area contributed by atoms with Gasteiger partial charge in [0.15, 0.2) is 6.17 Å². The SMILES string of the molecule is CCc1ccc(C2N(O)C(=O)CN2C(=O)c2c(F)cccc2F)s1. The first kappa shape index (κ1) is 16.5. The lowest BCUT2D eigenvalue weighted by Gasteiger charge is -2.25. The third-order valence-corrected chi connectivity index (χ3v) is 5.08. The van der Waals surface area contributed by atoms with Crippen molar-refractivity contribution in [3.8, 4) is 0 Å². The van der Waals surface area contributed by atoms with Gasteiger partial charge in [-0.1, -0.05) is 13.0 Å². The average Bonchev–Trinajstić information content (AvgIpc) is 3.12. The van der Waals surface area contributed by atoms with Crippen molar-refractivity contribution in [2.24, 2.45) is 0 Å². The molecule has 1 unspecified atom stereocenters. The molecule has 5 nitrogen and oxygen atoms in total. The van der Waals surface area contributed by atoms with Crippen LogP contribution in [-0.2, 0) is 11.2 Å². The van der Waals surface area contributed by atoms with Gasteiger partial charge in [0.05, 0.1) is 4.88 Å². The van der Waals surface area contributed by atoms with Crippen LogP contribution in [0.15, 0.2) is 30.3 Å². The molecule has 0 spiro atoms. The Bertz CT molecular complexity index is 788. The molecule has 2 heterocycles. The Kier molecular flexibility index (Phi) is 4.33. The van der Waals surface area contributed by atoms with Gasteiger partial charge in [-0.15, -0.1) is 11.3 Å². The van der Waals surface area contributed by atoms with Crippen LogP contribution < -0.4 is 0 Å². The largest absolute Gasteiger partial charge is 0.302 e. The molecular formula is C16H14F2N2O3S. The number of hydrogen-bond donors (Lipinski definition) is 1.